The van der Waals surface area contributed by atoms with E-state index in [-0.39, 0.29) is 10.7 Å². The highest BCUT2D eigenvalue weighted by Gasteiger charge is 2.36. The molecular formula is C29H23ClFN3O4S. The third kappa shape index (κ3) is 5.28. The van der Waals surface area contributed by atoms with Crippen molar-refractivity contribution in [2.75, 3.05) is 19.0 Å². The zero-order valence-electron chi connectivity index (χ0n) is 21.0. The largest absolute Gasteiger partial charge is 0.495 e. The summed E-state index contributed by atoms with van der Waals surface area (Å²) in [6.45, 7) is 1.76. The summed E-state index contributed by atoms with van der Waals surface area (Å²) in [4.78, 5) is 39.6. The summed E-state index contributed by atoms with van der Waals surface area (Å²) >= 11 is 6.89. The number of imide groups is 1. The zero-order chi connectivity index (χ0) is 27.7. The number of carbonyl (C=O) groups excluding carboxylic acids is 3. The maximum absolute atomic E-state index is 14.4. The number of thioether (sulfide) groups is 1. The molecule has 4 aromatic rings. The van der Waals surface area contributed by atoms with Crippen molar-refractivity contribution in [1.82, 2.24) is 9.47 Å². The van der Waals surface area contributed by atoms with Gasteiger partial charge in [0, 0.05) is 33.4 Å². The number of aromatic nitrogens is 1. The van der Waals surface area contributed by atoms with Gasteiger partial charge in [0.1, 0.15) is 18.1 Å². The Morgan fingerprint density at radius 3 is 2.59 bits per heavy atom. The van der Waals surface area contributed by atoms with Gasteiger partial charge >= 0.3 is 0 Å². The van der Waals surface area contributed by atoms with Crippen LogP contribution >= 0.6 is 23.4 Å². The number of methoxy groups -OCH3 is 1. The van der Waals surface area contributed by atoms with Gasteiger partial charge in [0.05, 0.1) is 23.6 Å². The molecule has 5 rings (SSSR count). The third-order valence-corrected chi connectivity index (χ3v) is 7.66. The second kappa shape index (κ2) is 11.0. The molecule has 3 aromatic carbocycles. The van der Waals surface area contributed by atoms with Crippen LogP contribution in [0.5, 0.6) is 5.75 Å². The van der Waals surface area contributed by atoms with Gasteiger partial charge in [-0.15, -0.1) is 0 Å². The van der Waals surface area contributed by atoms with Crippen molar-refractivity contribution < 1.29 is 23.5 Å². The molecule has 1 N–H and O–H groups in total. The van der Waals surface area contributed by atoms with Gasteiger partial charge in [-0.05, 0) is 55.1 Å². The standard InChI is InChI=1S/C29H23ClFN3O4S/c1-17-21(20-8-4-6-10-24(20)33(17)15-18-7-3-5-9-23(18)31)14-26-28(36)34(29(37)39-26)16-27(35)32-19-11-12-25(38-2)22(30)13-19/h3-14H,15-16H2,1-2H3,(H,32,35)/b26-14-. The second-order valence-electron chi connectivity index (χ2n) is 8.86. The molecule has 1 saturated heterocycles. The summed E-state index contributed by atoms with van der Waals surface area (Å²) in [7, 11) is 1.48. The molecule has 0 aliphatic carbocycles. The van der Waals surface area contributed by atoms with Crippen LogP contribution in [0.3, 0.4) is 0 Å². The van der Waals surface area contributed by atoms with Crippen LogP contribution in [-0.4, -0.2) is 40.2 Å². The molecule has 10 heteroatoms. The van der Waals surface area contributed by atoms with Gasteiger partial charge in [-0.3, -0.25) is 19.3 Å². The molecule has 3 amide bonds. The summed E-state index contributed by atoms with van der Waals surface area (Å²) in [5.41, 5.74) is 3.40. The Labute approximate surface area is 233 Å². The molecule has 198 valence electrons. The van der Waals surface area contributed by atoms with Crippen LogP contribution in [0.15, 0.2) is 71.6 Å². The maximum atomic E-state index is 14.4. The smallest absolute Gasteiger partial charge is 0.294 e. The Balaban J connectivity index is 1.39. The number of anilines is 1. The van der Waals surface area contributed by atoms with Crippen molar-refractivity contribution in [3.05, 3.63) is 99.3 Å². The molecular weight excluding hydrogens is 541 g/mol. The van der Waals surface area contributed by atoms with Crippen molar-refractivity contribution in [3.8, 4) is 5.75 Å². The first-order valence-electron chi connectivity index (χ1n) is 12.0. The summed E-state index contributed by atoms with van der Waals surface area (Å²) in [6.07, 6.45) is 1.67. The molecule has 39 heavy (non-hydrogen) atoms. The Morgan fingerprint density at radius 2 is 1.85 bits per heavy atom. The van der Waals surface area contributed by atoms with Crippen LogP contribution in [0, 0.1) is 12.7 Å². The quantitative estimate of drug-likeness (QED) is 0.261. The third-order valence-electron chi connectivity index (χ3n) is 6.45. The van der Waals surface area contributed by atoms with Crippen LogP contribution in [0.2, 0.25) is 5.02 Å². The minimum atomic E-state index is -0.557. The molecule has 1 aliphatic heterocycles. The number of rotatable bonds is 7. The van der Waals surface area contributed by atoms with Gasteiger partial charge < -0.3 is 14.6 Å². The van der Waals surface area contributed by atoms with Gasteiger partial charge in [0.2, 0.25) is 5.91 Å². The van der Waals surface area contributed by atoms with Gasteiger partial charge in [0.15, 0.2) is 0 Å². The first-order chi connectivity index (χ1) is 18.8. The number of ether oxygens (including phenoxy) is 1. The highest BCUT2D eigenvalue weighted by Crippen LogP contribution is 2.36. The molecule has 1 aromatic heterocycles. The molecule has 2 heterocycles. The SMILES string of the molecule is COc1ccc(NC(=O)CN2C(=O)S/C(=C\c3c(C)n(Cc4ccccc4F)c4ccccc34)C2=O)cc1Cl. The van der Waals surface area contributed by atoms with E-state index >= 15 is 0 Å². The molecule has 0 bridgehead atoms. The van der Waals surface area contributed by atoms with Crippen LogP contribution < -0.4 is 10.1 Å². The van der Waals surface area contributed by atoms with E-state index in [1.165, 1.54) is 19.2 Å². The molecule has 0 atom stereocenters. The van der Waals surface area contributed by atoms with E-state index in [1.54, 1.807) is 36.4 Å². The number of nitrogens with one attached hydrogen (secondary N) is 1. The van der Waals surface area contributed by atoms with Gasteiger partial charge in [-0.25, -0.2) is 4.39 Å². The fourth-order valence-electron chi connectivity index (χ4n) is 4.50. The average molecular weight is 564 g/mol. The number of halogens is 2. The minimum Gasteiger partial charge on any atom is -0.495 e. The molecule has 0 spiro atoms. The molecule has 0 unspecified atom stereocenters. The normalized spacial score (nSPS) is 14.5. The predicted molar refractivity (Wildman–Crippen MR) is 151 cm³/mol. The van der Waals surface area contributed by atoms with E-state index in [2.05, 4.69) is 5.32 Å². The number of nitrogens with zero attached hydrogens (tertiary/aromatic N) is 2. The minimum absolute atomic E-state index is 0.206. The number of amides is 3. The van der Waals surface area contributed by atoms with E-state index in [1.807, 2.05) is 35.8 Å². The number of benzene rings is 3. The van der Waals surface area contributed by atoms with E-state index in [4.69, 9.17) is 16.3 Å². The van der Waals surface area contributed by atoms with Gasteiger partial charge in [-0.2, -0.15) is 0 Å². The number of hydrogen-bond donors (Lipinski definition) is 1. The van der Waals surface area contributed by atoms with Crippen LogP contribution in [0.1, 0.15) is 16.8 Å². The van der Waals surface area contributed by atoms with Crippen molar-refractivity contribution in [2.24, 2.45) is 0 Å². The monoisotopic (exact) mass is 563 g/mol. The molecule has 0 saturated carbocycles. The van der Waals surface area contributed by atoms with Crippen molar-refractivity contribution in [2.45, 2.75) is 13.5 Å². The van der Waals surface area contributed by atoms with Crippen molar-refractivity contribution >= 4 is 63.1 Å². The van der Waals surface area contributed by atoms with E-state index in [0.717, 1.165) is 38.8 Å². The molecule has 0 radical (unpaired) electrons. The summed E-state index contributed by atoms with van der Waals surface area (Å²) in [5, 5.41) is 3.28. The predicted octanol–water partition coefficient (Wildman–Crippen LogP) is 6.47. The fourth-order valence-corrected chi connectivity index (χ4v) is 5.57. The van der Waals surface area contributed by atoms with Crippen LogP contribution in [0.4, 0.5) is 14.9 Å². The van der Waals surface area contributed by atoms with E-state index < -0.39 is 23.6 Å². The summed E-state index contributed by atoms with van der Waals surface area (Å²) in [6, 6.07) is 19.0. The van der Waals surface area contributed by atoms with Crippen LogP contribution in [0.25, 0.3) is 17.0 Å². The fraction of sp³-hybridized carbons (Fsp3) is 0.138. The Bertz CT molecular complexity index is 1670. The van der Waals surface area contributed by atoms with Crippen LogP contribution in [-0.2, 0) is 16.1 Å². The van der Waals surface area contributed by atoms with Gasteiger partial charge in [0.25, 0.3) is 11.1 Å². The van der Waals surface area contributed by atoms with Crippen molar-refractivity contribution in [1.29, 1.82) is 0 Å². The van der Waals surface area contributed by atoms with E-state index in [0.29, 0.717) is 28.6 Å². The summed E-state index contributed by atoms with van der Waals surface area (Å²) < 4.78 is 21.5. The Hall–Kier alpha value is -4.08. The highest BCUT2D eigenvalue weighted by atomic mass is 35.5. The molecule has 1 fully saturated rings. The number of para-hydroxylation sites is 1. The maximum Gasteiger partial charge on any atom is 0.294 e. The lowest BCUT2D eigenvalue weighted by atomic mass is 10.1. The summed E-state index contributed by atoms with van der Waals surface area (Å²) in [5.74, 6) is -0.945. The first kappa shape index (κ1) is 26.5. The number of fused-ring (bicyclic) bond motifs is 1. The zero-order valence-corrected chi connectivity index (χ0v) is 22.6. The lowest BCUT2D eigenvalue weighted by Crippen LogP contribution is -2.36. The first-order valence-corrected chi connectivity index (χ1v) is 13.2. The second-order valence-corrected chi connectivity index (χ2v) is 10.3. The average Bonchev–Trinajstić information content (AvgIpc) is 3.33. The lowest BCUT2D eigenvalue weighted by Gasteiger charge is -2.13. The molecule has 7 nitrogen and oxygen atoms in total. The van der Waals surface area contributed by atoms with Crippen molar-refractivity contribution in [3.63, 3.8) is 0 Å². The highest BCUT2D eigenvalue weighted by molar-refractivity contribution is 8.18. The number of carbonyl (C=O) groups is 3. The van der Waals surface area contributed by atoms with E-state index in [9.17, 15) is 18.8 Å². The number of hydrogen-bond acceptors (Lipinski definition) is 5. The Kier molecular flexibility index (Phi) is 7.45. The lowest BCUT2D eigenvalue weighted by molar-refractivity contribution is -0.127. The topological polar surface area (TPSA) is 80.6 Å². The van der Waals surface area contributed by atoms with Gasteiger partial charge in [-0.1, -0.05) is 48.0 Å². The molecule has 1 aliphatic rings. The Morgan fingerprint density at radius 1 is 1.10 bits per heavy atom.